The minimum absolute atomic E-state index is 0.282. The summed E-state index contributed by atoms with van der Waals surface area (Å²) in [4.78, 5) is 1.48. The van der Waals surface area contributed by atoms with Gasteiger partial charge in [-0.05, 0) is 48.4 Å². The van der Waals surface area contributed by atoms with Crippen LogP contribution < -0.4 is 5.73 Å². The van der Waals surface area contributed by atoms with Crippen molar-refractivity contribution in [3.63, 3.8) is 0 Å². The summed E-state index contributed by atoms with van der Waals surface area (Å²) >= 11 is 3.90. The maximum absolute atomic E-state index is 6.28. The van der Waals surface area contributed by atoms with Gasteiger partial charge in [0.05, 0.1) is 5.25 Å². The number of thioether (sulfide) groups is 1. The van der Waals surface area contributed by atoms with E-state index in [9.17, 15) is 0 Å². The Bertz CT molecular complexity index is 320. The van der Waals surface area contributed by atoms with Crippen LogP contribution in [0.5, 0.6) is 0 Å². The van der Waals surface area contributed by atoms with Crippen molar-refractivity contribution in [1.82, 2.24) is 0 Å². The molecule has 0 fully saturated rings. The van der Waals surface area contributed by atoms with Crippen molar-refractivity contribution in [2.45, 2.75) is 51.8 Å². The topological polar surface area (TPSA) is 26.0 Å². The average molecular weight is 271 g/mol. The van der Waals surface area contributed by atoms with Crippen LogP contribution in [-0.4, -0.2) is 11.8 Å². The number of rotatable bonds is 7. The number of hydrogen-bond acceptors (Lipinski definition) is 3. The largest absolute Gasteiger partial charge is 0.326 e. The summed E-state index contributed by atoms with van der Waals surface area (Å²) in [5.41, 5.74) is 7.68. The van der Waals surface area contributed by atoms with Gasteiger partial charge >= 0.3 is 0 Å². The quantitative estimate of drug-likeness (QED) is 0.783. The molecule has 0 saturated heterocycles. The molecule has 0 aliphatic rings. The van der Waals surface area contributed by atoms with Crippen LogP contribution in [0.3, 0.4) is 0 Å². The Labute approximate surface area is 114 Å². The second-order valence-corrected chi connectivity index (χ2v) is 7.21. The van der Waals surface area contributed by atoms with Crippen LogP contribution in [0, 0.1) is 12.8 Å². The fraction of sp³-hybridized carbons (Fsp3) is 0.714. The van der Waals surface area contributed by atoms with E-state index in [0.717, 1.165) is 12.3 Å². The fourth-order valence-electron chi connectivity index (χ4n) is 1.71. The van der Waals surface area contributed by atoms with E-state index in [2.05, 4.69) is 39.1 Å². The maximum atomic E-state index is 6.28. The van der Waals surface area contributed by atoms with Gasteiger partial charge in [0, 0.05) is 10.9 Å². The van der Waals surface area contributed by atoms with E-state index in [4.69, 9.17) is 5.73 Å². The van der Waals surface area contributed by atoms with Crippen LogP contribution in [-0.2, 0) is 0 Å². The van der Waals surface area contributed by atoms with E-state index in [0.29, 0.717) is 5.25 Å². The molecule has 0 bridgehead atoms. The fourth-order valence-corrected chi connectivity index (χ4v) is 4.71. The van der Waals surface area contributed by atoms with Gasteiger partial charge in [0.1, 0.15) is 0 Å². The average Bonchev–Trinajstić information content (AvgIpc) is 2.69. The first kappa shape index (κ1) is 15.1. The van der Waals surface area contributed by atoms with Crippen LogP contribution in [0.2, 0.25) is 0 Å². The van der Waals surface area contributed by atoms with Crippen molar-refractivity contribution in [1.29, 1.82) is 0 Å². The highest BCUT2D eigenvalue weighted by molar-refractivity contribution is 7.99. The molecule has 1 aromatic rings. The van der Waals surface area contributed by atoms with Crippen molar-refractivity contribution in [2.75, 3.05) is 5.75 Å². The van der Waals surface area contributed by atoms with Crippen LogP contribution in [0.1, 0.15) is 49.3 Å². The summed E-state index contributed by atoms with van der Waals surface area (Å²) in [6.45, 7) is 8.95. The Hall–Kier alpha value is 0.0100. The summed E-state index contributed by atoms with van der Waals surface area (Å²) in [6.07, 6.45) is 2.33. The molecule has 0 saturated carbocycles. The van der Waals surface area contributed by atoms with E-state index >= 15 is 0 Å². The minimum atomic E-state index is 0.282. The van der Waals surface area contributed by atoms with E-state index < -0.39 is 0 Å². The number of hydrogen-bond donors (Lipinski definition) is 1. The first-order valence-corrected chi connectivity index (χ1v) is 8.40. The molecular formula is C14H25NS2. The van der Waals surface area contributed by atoms with Crippen molar-refractivity contribution >= 4 is 23.1 Å². The van der Waals surface area contributed by atoms with Gasteiger partial charge in [-0.25, -0.2) is 0 Å². The molecule has 1 aromatic heterocycles. The van der Waals surface area contributed by atoms with Crippen LogP contribution in [0.4, 0.5) is 0 Å². The lowest BCUT2D eigenvalue weighted by atomic mass is 10.1. The predicted molar refractivity (Wildman–Crippen MR) is 82.0 cm³/mol. The van der Waals surface area contributed by atoms with Gasteiger partial charge in [-0.1, -0.05) is 20.8 Å². The van der Waals surface area contributed by atoms with Crippen molar-refractivity contribution in [2.24, 2.45) is 11.7 Å². The molecule has 0 spiro atoms. The highest BCUT2D eigenvalue weighted by Crippen LogP contribution is 2.38. The Morgan fingerprint density at radius 3 is 2.59 bits per heavy atom. The lowest BCUT2D eigenvalue weighted by Gasteiger charge is -2.22. The molecule has 0 aromatic carbocycles. The molecule has 3 heteroatoms. The molecule has 0 amide bonds. The third kappa shape index (κ3) is 4.65. The molecule has 1 nitrogen and oxygen atoms in total. The summed E-state index contributed by atoms with van der Waals surface area (Å²) in [6, 6.07) is 2.49. The van der Waals surface area contributed by atoms with Crippen LogP contribution >= 0.6 is 23.1 Å². The molecule has 0 radical (unpaired) electrons. The van der Waals surface area contributed by atoms with E-state index in [1.165, 1.54) is 22.6 Å². The van der Waals surface area contributed by atoms with E-state index in [1.807, 2.05) is 23.1 Å². The van der Waals surface area contributed by atoms with Gasteiger partial charge in [-0.2, -0.15) is 11.8 Å². The molecule has 2 N–H and O–H groups in total. The summed E-state index contributed by atoms with van der Waals surface area (Å²) < 4.78 is 0. The zero-order valence-corrected chi connectivity index (χ0v) is 13.0. The van der Waals surface area contributed by atoms with Crippen LogP contribution in [0.25, 0.3) is 0 Å². The van der Waals surface area contributed by atoms with Crippen molar-refractivity contribution in [3.05, 3.63) is 21.9 Å². The summed E-state index contributed by atoms with van der Waals surface area (Å²) in [5.74, 6) is 2.00. The van der Waals surface area contributed by atoms with Gasteiger partial charge in [0.2, 0.25) is 0 Å². The first-order chi connectivity index (χ1) is 8.06. The van der Waals surface area contributed by atoms with E-state index in [1.54, 1.807) is 0 Å². The highest BCUT2D eigenvalue weighted by atomic mass is 32.2. The Morgan fingerprint density at radius 1 is 1.41 bits per heavy atom. The monoisotopic (exact) mass is 271 g/mol. The third-order valence-electron chi connectivity index (χ3n) is 3.01. The lowest BCUT2D eigenvalue weighted by Crippen LogP contribution is -2.25. The zero-order valence-electron chi connectivity index (χ0n) is 11.4. The molecular weight excluding hydrogens is 246 g/mol. The third-order valence-corrected chi connectivity index (χ3v) is 5.68. The van der Waals surface area contributed by atoms with Gasteiger partial charge in [-0.3, -0.25) is 0 Å². The van der Waals surface area contributed by atoms with Gasteiger partial charge < -0.3 is 5.73 Å². The van der Waals surface area contributed by atoms with Crippen molar-refractivity contribution in [3.8, 4) is 0 Å². The first-order valence-electron chi connectivity index (χ1n) is 6.47. The molecule has 98 valence electrons. The number of thiophene rings is 1. The Kier molecular flexibility index (Phi) is 6.60. The second kappa shape index (κ2) is 7.45. The maximum Gasteiger partial charge on any atom is 0.0544 e. The standard InChI is InChI=1S/C14H25NS2/c1-5-12(15)14(17-8-6-10(2)3)13-11(4)7-9-16-13/h7,9-10,12,14H,5-6,8,15H2,1-4H3. The molecule has 0 aliphatic carbocycles. The smallest absolute Gasteiger partial charge is 0.0544 e. The van der Waals surface area contributed by atoms with Crippen LogP contribution in [0.15, 0.2) is 11.4 Å². The molecule has 2 unspecified atom stereocenters. The normalized spacial score (nSPS) is 15.2. The zero-order chi connectivity index (χ0) is 12.8. The molecule has 1 heterocycles. The van der Waals surface area contributed by atoms with Gasteiger partial charge in [-0.15, -0.1) is 11.3 Å². The molecule has 0 aliphatic heterocycles. The Balaban J connectivity index is 2.65. The molecule has 1 rings (SSSR count). The van der Waals surface area contributed by atoms with E-state index in [-0.39, 0.29) is 6.04 Å². The van der Waals surface area contributed by atoms with Gasteiger partial charge in [0.25, 0.3) is 0 Å². The van der Waals surface area contributed by atoms with Crippen molar-refractivity contribution < 1.29 is 0 Å². The number of nitrogens with two attached hydrogens (primary N) is 1. The Morgan fingerprint density at radius 2 is 2.12 bits per heavy atom. The lowest BCUT2D eigenvalue weighted by molar-refractivity contribution is 0.620. The SMILES string of the molecule is CCC(N)C(SCCC(C)C)c1sccc1C. The minimum Gasteiger partial charge on any atom is -0.326 e. The molecule has 2 atom stereocenters. The predicted octanol–water partition coefficient (Wildman–Crippen LogP) is 4.61. The number of aryl methyl sites for hydroxylation is 1. The second-order valence-electron chi connectivity index (χ2n) is 5.01. The van der Waals surface area contributed by atoms with Gasteiger partial charge in [0.15, 0.2) is 0 Å². The summed E-state index contributed by atoms with van der Waals surface area (Å²) in [5, 5.41) is 2.67. The highest BCUT2D eigenvalue weighted by Gasteiger charge is 2.21. The summed E-state index contributed by atoms with van der Waals surface area (Å²) in [7, 11) is 0. The molecule has 17 heavy (non-hydrogen) atoms.